The first-order chi connectivity index (χ1) is 22.7. The standard InChI is InChI=1S/C35H41F6N3O4/c1-22(25-17-26(34(36,37)38)19-27(18-25)35(39,40)41)48-30-14-16-44(20-29(30)23-7-3-2-4-8-23)33(47)24-10-12-28(13-11-24)42-31(45)21-43-15-6-5-9-32(43)46/h2-4,7-8,17-19,22,24,28-30H,5-6,9-16,20-21H2,1H3,(H,42,45)/t22-,24?,28?,29+,30+/m1/s1. The molecule has 0 aromatic heterocycles. The highest BCUT2D eigenvalue weighted by Gasteiger charge is 2.40. The predicted molar refractivity (Wildman–Crippen MR) is 164 cm³/mol. The summed E-state index contributed by atoms with van der Waals surface area (Å²) >= 11 is 0. The molecule has 2 saturated heterocycles. The lowest BCUT2D eigenvalue weighted by atomic mass is 9.83. The molecule has 2 heterocycles. The van der Waals surface area contributed by atoms with Gasteiger partial charge >= 0.3 is 12.4 Å². The molecule has 0 bridgehead atoms. The van der Waals surface area contributed by atoms with Gasteiger partial charge in [-0.2, -0.15) is 26.3 Å². The average molecular weight is 682 g/mol. The number of carbonyl (C=O) groups excluding carboxylic acids is 3. The van der Waals surface area contributed by atoms with Gasteiger partial charge in [-0.1, -0.05) is 30.3 Å². The lowest BCUT2D eigenvalue weighted by Crippen LogP contribution is -2.49. The van der Waals surface area contributed by atoms with Crippen molar-refractivity contribution >= 4 is 17.7 Å². The summed E-state index contributed by atoms with van der Waals surface area (Å²) in [6, 6.07) is 10.7. The maximum atomic E-state index is 13.7. The Morgan fingerprint density at radius 3 is 2.15 bits per heavy atom. The van der Waals surface area contributed by atoms with Gasteiger partial charge in [-0.25, -0.2) is 0 Å². The van der Waals surface area contributed by atoms with Gasteiger partial charge in [0.25, 0.3) is 0 Å². The van der Waals surface area contributed by atoms with E-state index in [0.29, 0.717) is 63.7 Å². The highest BCUT2D eigenvalue weighted by atomic mass is 19.4. The molecule has 48 heavy (non-hydrogen) atoms. The van der Waals surface area contributed by atoms with Crippen LogP contribution in [0.15, 0.2) is 48.5 Å². The number of hydrogen-bond acceptors (Lipinski definition) is 4. The number of amides is 3. The zero-order valence-corrected chi connectivity index (χ0v) is 26.8. The highest BCUT2D eigenvalue weighted by molar-refractivity contribution is 5.85. The van der Waals surface area contributed by atoms with E-state index in [0.717, 1.165) is 18.4 Å². The van der Waals surface area contributed by atoms with Crippen molar-refractivity contribution in [2.45, 2.75) is 94.8 Å². The fourth-order valence-corrected chi connectivity index (χ4v) is 7.09. The molecule has 5 rings (SSSR count). The van der Waals surface area contributed by atoms with Crippen molar-refractivity contribution in [2.24, 2.45) is 5.92 Å². The van der Waals surface area contributed by atoms with E-state index in [4.69, 9.17) is 4.74 Å². The van der Waals surface area contributed by atoms with Gasteiger partial charge in [0.1, 0.15) is 0 Å². The van der Waals surface area contributed by atoms with Crippen LogP contribution in [0, 0.1) is 5.92 Å². The van der Waals surface area contributed by atoms with E-state index in [-0.39, 0.29) is 60.3 Å². The Balaban J connectivity index is 1.22. The van der Waals surface area contributed by atoms with Gasteiger partial charge in [-0.05, 0) is 81.2 Å². The van der Waals surface area contributed by atoms with Crippen molar-refractivity contribution in [3.05, 3.63) is 70.8 Å². The smallest absolute Gasteiger partial charge is 0.370 e. The van der Waals surface area contributed by atoms with Gasteiger partial charge in [0.15, 0.2) is 0 Å². The summed E-state index contributed by atoms with van der Waals surface area (Å²) < 4.78 is 87.3. The van der Waals surface area contributed by atoms with Gasteiger partial charge in [-0.3, -0.25) is 14.4 Å². The second kappa shape index (κ2) is 14.9. The summed E-state index contributed by atoms with van der Waals surface area (Å²) in [6.45, 7) is 2.69. The highest BCUT2D eigenvalue weighted by Crippen LogP contribution is 2.40. The Labute approximate surface area is 276 Å². The number of piperidine rings is 2. The number of ether oxygens (including phenoxy) is 1. The fraction of sp³-hybridized carbons (Fsp3) is 0.571. The van der Waals surface area contributed by atoms with E-state index in [1.807, 2.05) is 30.3 Å². The van der Waals surface area contributed by atoms with Crippen LogP contribution in [0.25, 0.3) is 0 Å². The second-order valence-corrected chi connectivity index (χ2v) is 13.1. The summed E-state index contributed by atoms with van der Waals surface area (Å²) in [6.07, 6.45) is -6.58. The molecule has 3 amide bonds. The van der Waals surface area contributed by atoms with Gasteiger partial charge in [0.05, 0.1) is 29.9 Å². The molecule has 13 heteroatoms. The molecule has 3 aliphatic rings. The summed E-state index contributed by atoms with van der Waals surface area (Å²) in [4.78, 5) is 41.7. The van der Waals surface area contributed by atoms with Crippen LogP contribution in [-0.2, 0) is 31.5 Å². The Morgan fingerprint density at radius 2 is 1.54 bits per heavy atom. The molecule has 2 aliphatic heterocycles. The summed E-state index contributed by atoms with van der Waals surface area (Å²) in [5, 5.41) is 3.02. The predicted octanol–water partition coefficient (Wildman–Crippen LogP) is 6.87. The van der Waals surface area contributed by atoms with Gasteiger partial charge in [0, 0.05) is 43.9 Å². The topological polar surface area (TPSA) is 79.0 Å². The molecule has 1 aliphatic carbocycles. The number of rotatable bonds is 8. The molecular formula is C35H41F6N3O4. The van der Waals surface area contributed by atoms with E-state index in [1.54, 1.807) is 9.80 Å². The monoisotopic (exact) mass is 681 g/mol. The van der Waals surface area contributed by atoms with Crippen LogP contribution in [0.2, 0.25) is 0 Å². The Hall–Kier alpha value is -3.61. The van der Waals surface area contributed by atoms with Crippen molar-refractivity contribution in [2.75, 3.05) is 26.2 Å². The van der Waals surface area contributed by atoms with E-state index in [9.17, 15) is 40.7 Å². The summed E-state index contributed by atoms with van der Waals surface area (Å²) in [5.41, 5.74) is -2.16. The molecule has 262 valence electrons. The summed E-state index contributed by atoms with van der Waals surface area (Å²) in [5.74, 6) is -0.803. The SMILES string of the molecule is C[C@@H](O[C@H]1CCN(C(=O)C2CCC(NC(=O)CN3CCCCC3=O)CC2)C[C@H]1c1ccccc1)c1cc(C(F)(F)F)cc(C(F)(F)F)c1. The third-order valence-corrected chi connectivity index (χ3v) is 9.74. The normalized spacial score (nSPS) is 24.7. The lowest BCUT2D eigenvalue weighted by molar-refractivity contribution is -0.143. The molecule has 1 N–H and O–H groups in total. The molecule has 3 fully saturated rings. The van der Waals surface area contributed by atoms with Crippen LogP contribution in [0.1, 0.15) is 92.6 Å². The van der Waals surface area contributed by atoms with Crippen molar-refractivity contribution in [1.82, 2.24) is 15.1 Å². The molecule has 1 saturated carbocycles. The molecular weight excluding hydrogens is 640 g/mol. The van der Waals surface area contributed by atoms with Crippen LogP contribution in [0.3, 0.4) is 0 Å². The van der Waals surface area contributed by atoms with Crippen LogP contribution in [-0.4, -0.2) is 65.8 Å². The largest absolute Gasteiger partial charge is 0.416 e. The fourth-order valence-electron chi connectivity index (χ4n) is 7.09. The molecule has 7 nitrogen and oxygen atoms in total. The first kappa shape index (κ1) is 35.7. The first-order valence-electron chi connectivity index (χ1n) is 16.5. The quantitative estimate of drug-likeness (QED) is 0.309. The Kier molecular flexibility index (Phi) is 11.1. The van der Waals surface area contributed by atoms with Gasteiger partial charge < -0.3 is 19.9 Å². The maximum Gasteiger partial charge on any atom is 0.416 e. The number of nitrogens with one attached hydrogen (secondary N) is 1. The Bertz CT molecular complexity index is 1410. The van der Waals surface area contributed by atoms with Gasteiger partial charge in [-0.15, -0.1) is 0 Å². The molecule has 0 unspecified atom stereocenters. The van der Waals surface area contributed by atoms with Crippen LogP contribution >= 0.6 is 0 Å². The minimum Gasteiger partial charge on any atom is -0.370 e. The number of alkyl halides is 6. The van der Waals surface area contributed by atoms with Crippen molar-refractivity contribution in [3.8, 4) is 0 Å². The zero-order chi connectivity index (χ0) is 34.6. The van der Waals surface area contributed by atoms with Crippen molar-refractivity contribution < 1.29 is 45.5 Å². The van der Waals surface area contributed by atoms with E-state index in [2.05, 4.69) is 5.32 Å². The van der Waals surface area contributed by atoms with E-state index >= 15 is 0 Å². The second-order valence-electron chi connectivity index (χ2n) is 13.1. The number of benzene rings is 2. The third-order valence-electron chi connectivity index (χ3n) is 9.74. The zero-order valence-electron chi connectivity index (χ0n) is 26.8. The number of halogens is 6. The molecule has 0 radical (unpaired) electrons. The van der Waals surface area contributed by atoms with Crippen LogP contribution in [0.4, 0.5) is 26.3 Å². The molecule has 3 atom stereocenters. The number of likely N-dealkylation sites (tertiary alicyclic amines) is 2. The number of hydrogen-bond donors (Lipinski definition) is 1. The minimum atomic E-state index is -4.97. The lowest BCUT2D eigenvalue weighted by Gasteiger charge is -2.42. The van der Waals surface area contributed by atoms with E-state index in [1.165, 1.54) is 6.92 Å². The molecule has 2 aromatic rings. The molecule has 0 spiro atoms. The van der Waals surface area contributed by atoms with Crippen LogP contribution in [0.5, 0.6) is 0 Å². The van der Waals surface area contributed by atoms with Crippen molar-refractivity contribution in [3.63, 3.8) is 0 Å². The number of nitrogens with zero attached hydrogens (tertiary/aromatic N) is 2. The minimum absolute atomic E-state index is 0.00520. The van der Waals surface area contributed by atoms with E-state index < -0.39 is 35.7 Å². The summed E-state index contributed by atoms with van der Waals surface area (Å²) in [7, 11) is 0. The Morgan fingerprint density at radius 1 is 0.896 bits per heavy atom. The number of carbonyl (C=O) groups is 3. The van der Waals surface area contributed by atoms with Gasteiger partial charge in [0.2, 0.25) is 17.7 Å². The van der Waals surface area contributed by atoms with Crippen LogP contribution < -0.4 is 5.32 Å². The third kappa shape index (κ3) is 8.89. The maximum absolute atomic E-state index is 13.7. The first-order valence-corrected chi connectivity index (χ1v) is 16.5. The molecule has 2 aromatic carbocycles. The van der Waals surface area contributed by atoms with Crippen molar-refractivity contribution in [1.29, 1.82) is 0 Å². The average Bonchev–Trinajstić information content (AvgIpc) is 3.05.